The van der Waals surface area contributed by atoms with Crippen molar-refractivity contribution in [2.45, 2.75) is 0 Å². The standard InChI is InChI=1S/C19H14ClN3O/c1-24-13-8-6-12(7-9-13)15-10-18(23-19(22)16(15)11-21)14-4-2-3-5-17(14)20/h2-10H,1H3,(H2,22,23). The van der Waals surface area contributed by atoms with E-state index in [-0.39, 0.29) is 5.82 Å². The maximum absolute atomic E-state index is 9.46. The monoisotopic (exact) mass is 335 g/mol. The Morgan fingerprint density at radius 2 is 1.79 bits per heavy atom. The molecule has 0 aliphatic rings. The molecule has 0 aliphatic carbocycles. The van der Waals surface area contributed by atoms with Crippen LogP contribution in [0.1, 0.15) is 5.56 Å². The molecule has 0 aliphatic heterocycles. The highest BCUT2D eigenvalue weighted by Crippen LogP contribution is 2.34. The van der Waals surface area contributed by atoms with Crippen molar-refractivity contribution in [2.75, 3.05) is 12.8 Å². The summed E-state index contributed by atoms with van der Waals surface area (Å²) in [6, 6.07) is 18.8. The van der Waals surface area contributed by atoms with E-state index in [1.54, 1.807) is 13.2 Å². The van der Waals surface area contributed by atoms with Crippen molar-refractivity contribution in [2.24, 2.45) is 0 Å². The molecule has 0 fully saturated rings. The lowest BCUT2D eigenvalue weighted by molar-refractivity contribution is 0.415. The smallest absolute Gasteiger partial charge is 0.142 e. The highest BCUT2D eigenvalue weighted by atomic mass is 35.5. The van der Waals surface area contributed by atoms with Gasteiger partial charge in [0.05, 0.1) is 12.8 Å². The van der Waals surface area contributed by atoms with Crippen LogP contribution in [0.4, 0.5) is 5.82 Å². The van der Waals surface area contributed by atoms with Gasteiger partial charge in [-0.25, -0.2) is 4.98 Å². The van der Waals surface area contributed by atoms with Crippen LogP contribution in [-0.4, -0.2) is 12.1 Å². The van der Waals surface area contributed by atoms with Crippen LogP contribution in [0.3, 0.4) is 0 Å². The average molecular weight is 336 g/mol. The van der Waals surface area contributed by atoms with Crippen molar-refractivity contribution in [3.05, 3.63) is 65.2 Å². The highest BCUT2D eigenvalue weighted by Gasteiger charge is 2.14. The SMILES string of the molecule is COc1ccc(-c2cc(-c3ccccc3Cl)nc(N)c2C#N)cc1. The normalized spacial score (nSPS) is 10.2. The predicted molar refractivity (Wildman–Crippen MR) is 95.8 cm³/mol. The zero-order valence-corrected chi connectivity index (χ0v) is 13.7. The molecule has 0 saturated heterocycles. The molecule has 0 radical (unpaired) electrons. The van der Waals surface area contributed by atoms with E-state index >= 15 is 0 Å². The Kier molecular flexibility index (Phi) is 4.37. The van der Waals surface area contributed by atoms with Gasteiger partial charge in [-0.3, -0.25) is 0 Å². The molecule has 0 unspecified atom stereocenters. The zero-order chi connectivity index (χ0) is 17.1. The quantitative estimate of drug-likeness (QED) is 0.763. The Bertz CT molecular complexity index is 930. The fraction of sp³-hybridized carbons (Fsp3) is 0.0526. The Balaban J connectivity index is 2.21. The zero-order valence-electron chi connectivity index (χ0n) is 13.0. The van der Waals surface area contributed by atoms with Crippen LogP contribution in [0.2, 0.25) is 5.02 Å². The number of nitrogen functional groups attached to an aromatic ring is 1. The molecule has 0 spiro atoms. The Hall–Kier alpha value is -3.03. The Morgan fingerprint density at radius 1 is 1.08 bits per heavy atom. The second kappa shape index (κ2) is 6.61. The molecule has 1 aromatic heterocycles. The van der Waals surface area contributed by atoms with Gasteiger partial charge in [-0.1, -0.05) is 41.9 Å². The van der Waals surface area contributed by atoms with E-state index < -0.39 is 0 Å². The van der Waals surface area contributed by atoms with Gasteiger partial charge in [-0.05, 0) is 29.8 Å². The third-order valence-corrected chi connectivity index (χ3v) is 4.04. The van der Waals surface area contributed by atoms with Crippen LogP contribution in [-0.2, 0) is 0 Å². The third kappa shape index (κ3) is 2.90. The van der Waals surface area contributed by atoms with Gasteiger partial charge < -0.3 is 10.5 Å². The average Bonchev–Trinajstić information content (AvgIpc) is 2.61. The van der Waals surface area contributed by atoms with E-state index in [4.69, 9.17) is 22.1 Å². The lowest BCUT2D eigenvalue weighted by Crippen LogP contribution is -2.00. The molecule has 2 aromatic carbocycles. The van der Waals surface area contributed by atoms with Crippen LogP contribution in [0.15, 0.2) is 54.6 Å². The van der Waals surface area contributed by atoms with Crippen LogP contribution in [0, 0.1) is 11.3 Å². The van der Waals surface area contributed by atoms with E-state index in [0.29, 0.717) is 21.8 Å². The summed E-state index contributed by atoms with van der Waals surface area (Å²) < 4.78 is 5.17. The number of hydrogen-bond donors (Lipinski definition) is 1. The van der Waals surface area contributed by atoms with E-state index in [1.165, 1.54) is 0 Å². The van der Waals surface area contributed by atoms with Gasteiger partial charge in [0.15, 0.2) is 0 Å². The second-order valence-corrected chi connectivity index (χ2v) is 5.54. The molecule has 5 heteroatoms. The minimum atomic E-state index is 0.181. The number of hydrogen-bond acceptors (Lipinski definition) is 4. The number of rotatable bonds is 3. The minimum Gasteiger partial charge on any atom is -0.497 e. The van der Waals surface area contributed by atoms with Crippen LogP contribution in [0.25, 0.3) is 22.4 Å². The molecule has 4 nitrogen and oxygen atoms in total. The topological polar surface area (TPSA) is 71.9 Å². The first-order valence-electron chi connectivity index (χ1n) is 7.24. The van der Waals surface area contributed by atoms with Gasteiger partial charge in [0.2, 0.25) is 0 Å². The fourth-order valence-corrected chi connectivity index (χ4v) is 2.72. The molecule has 3 rings (SSSR count). The molecular formula is C19H14ClN3O. The number of pyridine rings is 1. The number of halogens is 1. The number of benzene rings is 2. The van der Waals surface area contributed by atoms with Gasteiger partial charge in [0.25, 0.3) is 0 Å². The van der Waals surface area contributed by atoms with E-state index in [2.05, 4.69) is 11.1 Å². The van der Waals surface area contributed by atoms with Crippen molar-refractivity contribution in [1.82, 2.24) is 4.98 Å². The molecule has 0 bridgehead atoms. The number of ether oxygens (including phenoxy) is 1. The molecule has 24 heavy (non-hydrogen) atoms. The molecule has 3 aromatic rings. The summed E-state index contributed by atoms with van der Waals surface area (Å²) in [5.74, 6) is 0.923. The number of nitriles is 1. The summed E-state index contributed by atoms with van der Waals surface area (Å²) in [5, 5.41) is 10.0. The molecular weight excluding hydrogens is 322 g/mol. The summed E-state index contributed by atoms with van der Waals surface area (Å²) in [4.78, 5) is 4.34. The minimum absolute atomic E-state index is 0.181. The molecule has 118 valence electrons. The summed E-state index contributed by atoms with van der Waals surface area (Å²) >= 11 is 6.26. The first-order valence-corrected chi connectivity index (χ1v) is 7.61. The van der Waals surface area contributed by atoms with Crippen LogP contribution < -0.4 is 10.5 Å². The Labute approximate surface area is 145 Å². The molecule has 0 atom stereocenters. The lowest BCUT2D eigenvalue weighted by Gasteiger charge is -2.11. The first-order chi connectivity index (χ1) is 11.6. The number of nitrogens with zero attached hydrogens (tertiary/aromatic N) is 2. The number of methoxy groups -OCH3 is 1. The van der Waals surface area contributed by atoms with Crippen LogP contribution >= 0.6 is 11.6 Å². The highest BCUT2D eigenvalue weighted by molar-refractivity contribution is 6.33. The van der Waals surface area contributed by atoms with Crippen molar-refractivity contribution in [1.29, 1.82) is 5.26 Å². The number of aromatic nitrogens is 1. The van der Waals surface area contributed by atoms with Crippen molar-refractivity contribution >= 4 is 17.4 Å². The predicted octanol–water partition coefficient (Wildman–Crippen LogP) is 4.53. The molecule has 0 amide bonds. The maximum Gasteiger partial charge on any atom is 0.142 e. The summed E-state index contributed by atoms with van der Waals surface area (Å²) in [7, 11) is 1.61. The van der Waals surface area contributed by atoms with E-state index in [9.17, 15) is 5.26 Å². The summed E-state index contributed by atoms with van der Waals surface area (Å²) in [6.07, 6.45) is 0. The van der Waals surface area contributed by atoms with Crippen molar-refractivity contribution in [3.63, 3.8) is 0 Å². The summed E-state index contributed by atoms with van der Waals surface area (Å²) in [6.45, 7) is 0. The second-order valence-electron chi connectivity index (χ2n) is 5.14. The fourth-order valence-electron chi connectivity index (χ4n) is 2.49. The van der Waals surface area contributed by atoms with Gasteiger partial charge in [-0.15, -0.1) is 0 Å². The largest absolute Gasteiger partial charge is 0.497 e. The molecule has 1 heterocycles. The van der Waals surface area contributed by atoms with Crippen LogP contribution in [0.5, 0.6) is 5.75 Å². The Morgan fingerprint density at radius 3 is 2.42 bits per heavy atom. The van der Waals surface area contributed by atoms with Gasteiger partial charge in [0.1, 0.15) is 23.2 Å². The van der Waals surface area contributed by atoms with Gasteiger partial charge in [0, 0.05) is 16.1 Å². The molecule has 2 N–H and O–H groups in total. The van der Waals surface area contributed by atoms with Crippen molar-refractivity contribution < 1.29 is 4.74 Å². The van der Waals surface area contributed by atoms with E-state index in [1.807, 2.05) is 48.5 Å². The number of nitrogens with two attached hydrogens (primary N) is 1. The van der Waals surface area contributed by atoms with Gasteiger partial charge >= 0.3 is 0 Å². The lowest BCUT2D eigenvalue weighted by atomic mass is 9.98. The molecule has 0 saturated carbocycles. The first kappa shape index (κ1) is 15.9. The summed E-state index contributed by atoms with van der Waals surface area (Å²) in [5.41, 5.74) is 9.32. The van der Waals surface area contributed by atoms with Gasteiger partial charge in [-0.2, -0.15) is 5.26 Å². The third-order valence-electron chi connectivity index (χ3n) is 3.71. The van der Waals surface area contributed by atoms with Crippen molar-refractivity contribution in [3.8, 4) is 34.2 Å². The van der Waals surface area contributed by atoms with E-state index in [0.717, 1.165) is 16.9 Å². The maximum atomic E-state index is 9.46. The number of anilines is 1.